The molecular weight excluding hydrogens is 176 g/mol. The van der Waals surface area contributed by atoms with Crippen LogP contribution in [0.4, 0.5) is 0 Å². The van der Waals surface area contributed by atoms with Gasteiger partial charge >= 0.3 is 0 Å². The maximum absolute atomic E-state index is 11.7. The second-order valence-electron chi connectivity index (χ2n) is 3.88. The Balaban J connectivity index is 3.79. The van der Waals surface area contributed by atoms with E-state index in [1.54, 1.807) is 0 Å². The highest BCUT2D eigenvalue weighted by molar-refractivity contribution is 5.76. The molecule has 14 heavy (non-hydrogen) atoms. The fourth-order valence-corrected chi connectivity index (χ4v) is 1.29. The van der Waals surface area contributed by atoms with E-state index in [1.807, 2.05) is 30.8 Å². The van der Waals surface area contributed by atoms with Crippen molar-refractivity contribution in [3.63, 3.8) is 0 Å². The smallest absolute Gasteiger partial charge is 0.223 e. The molecule has 0 heterocycles. The van der Waals surface area contributed by atoms with E-state index in [1.165, 1.54) is 0 Å². The summed E-state index contributed by atoms with van der Waals surface area (Å²) in [5, 5.41) is 0. The average Bonchev–Trinajstić information content (AvgIpc) is 2.16. The second-order valence-corrected chi connectivity index (χ2v) is 3.88. The summed E-state index contributed by atoms with van der Waals surface area (Å²) in [5.41, 5.74) is 0. The Kier molecular flexibility index (Phi) is 7.48. The van der Waals surface area contributed by atoms with Gasteiger partial charge in [-0.15, -0.1) is 0 Å². The third-order valence-corrected chi connectivity index (χ3v) is 2.29. The summed E-state index contributed by atoms with van der Waals surface area (Å²) in [6.45, 7) is 6.80. The number of hydrogen-bond donors (Lipinski definition) is 0. The zero-order chi connectivity index (χ0) is 11.0. The Hall–Kier alpha value is -0.570. The predicted octanol–water partition coefficient (Wildman–Crippen LogP) is 1.59. The molecule has 0 aromatic heterocycles. The zero-order valence-electron chi connectivity index (χ0n) is 10.0. The zero-order valence-corrected chi connectivity index (χ0v) is 10.0. The molecule has 3 nitrogen and oxygen atoms in total. The molecule has 0 aliphatic carbocycles. The van der Waals surface area contributed by atoms with Crippen LogP contribution in [0.15, 0.2) is 0 Å². The van der Waals surface area contributed by atoms with Crippen molar-refractivity contribution in [2.24, 2.45) is 0 Å². The first kappa shape index (κ1) is 13.4. The molecule has 0 aromatic rings. The number of carbonyl (C=O) groups excluding carboxylic acids is 1. The van der Waals surface area contributed by atoms with Crippen LogP contribution < -0.4 is 0 Å². The van der Waals surface area contributed by atoms with Crippen LogP contribution in [0.25, 0.3) is 0 Å². The molecule has 1 amide bonds. The van der Waals surface area contributed by atoms with Crippen molar-refractivity contribution in [2.45, 2.75) is 33.1 Å². The monoisotopic (exact) mass is 200 g/mol. The van der Waals surface area contributed by atoms with Crippen molar-refractivity contribution in [1.82, 2.24) is 9.80 Å². The molecule has 0 bridgehead atoms. The maximum atomic E-state index is 11.7. The Morgan fingerprint density at radius 2 is 1.79 bits per heavy atom. The second kappa shape index (κ2) is 7.80. The molecule has 84 valence electrons. The third kappa shape index (κ3) is 5.97. The largest absolute Gasteiger partial charge is 0.343 e. The fraction of sp³-hybridized carbons (Fsp3) is 0.909. The molecule has 0 rings (SSSR count). The Bertz CT molecular complexity index is 157. The molecule has 0 aliphatic heterocycles. The number of hydrogen-bond acceptors (Lipinski definition) is 2. The molecule has 0 spiro atoms. The summed E-state index contributed by atoms with van der Waals surface area (Å²) in [6, 6.07) is 0. The number of rotatable bonds is 7. The van der Waals surface area contributed by atoms with Gasteiger partial charge in [0.25, 0.3) is 0 Å². The van der Waals surface area contributed by atoms with Gasteiger partial charge in [0.1, 0.15) is 0 Å². The van der Waals surface area contributed by atoms with Crippen LogP contribution in [0.5, 0.6) is 0 Å². The molecule has 0 saturated carbocycles. The van der Waals surface area contributed by atoms with Crippen LogP contribution in [0.1, 0.15) is 33.1 Å². The lowest BCUT2D eigenvalue weighted by atomic mass is 10.3. The van der Waals surface area contributed by atoms with Gasteiger partial charge in [0.15, 0.2) is 0 Å². The summed E-state index contributed by atoms with van der Waals surface area (Å²) in [5.74, 6) is 0.287. The minimum atomic E-state index is 0.287. The van der Waals surface area contributed by atoms with E-state index in [9.17, 15) is 4.79 Å². The number of nitrogens with zero attached hydrogens (tertiary/aromatic N) is 2. The lowest BCUT2D eigenvalue weighted by Crippen LogP contribution is -2.33. The standard InChI is InChI=1S/C11H24N2O/c1-5-7-9-13(6-2)11(14)8-10-12(3)4/h5-10H2,1-4H3. The van der Waals surface area contributed by atoms with Gasteiger partial charge in [-0.2, -0.15) is 0 Å². The van der Waals surface area contributed by atoms with Crippen LogP contribution >= 0.6 is 0 Å². The van der Waals surface area contributed by atoms with E-state index in [2.05, 4.69) is 6.92 Å². The molecule has 0 N–H and O–H groups in total. The highest BCUT2D eigenvalue weighted by Crippen LogP contribution is 1.98. The predicted molar refractivity (Wildman–Crippen MR) is 60.3 cm³/mol. The first-order valence-electron chi connectivity index (χ1n) is 5.54. The number of carbonyl (C=O) groups is 1. The SMILES string of the molecule is CCCCN(CC)C(=O)CCN(C)C. The van der Waals surface area contributed by atoms with Gasteiger partial charge < -0.3 is 9.80 Å². The van der Waals surface area contributed by atoms with Gasteiger partial charge in [-0.05, 0) is 27.4 Å². The molecular formula is C11H24N2O. The summed E-state index contributed by atoms with van der Waals surface area (Å²) in [4.78, 5) is 15.7. The van der Waals surface area contributed by atoms with Crippen molar-refractivity contribution in [2.75, 3.05) is 33.7 Å². The molecule has 3 heteroatoms. The molecule has 0 aliphatic rings. The van der Waals surface area contributed by atoms with Crippen LogP contribution in [0.3, 0.4) is 0 Å². The van der Waals surface area contributed by atoms with Gasteiger partial charge in [0.2, 0.25) is 5.91 Å². The summed E-state index contributed by atoms with van der Waals surface area (Å²) < 4.78 is 0. The Morgan fingerprint density at radius 1 is 1.14 bits per heavy atom. The van der Waals surface area contributed by atoms with Crippen LogP contribution in [0, 0.1) is 0 Å². The van der Waals surface area contributed by atoms with Crippen molar-refractivity contribution in [3.05, 3.63) is 0 Å². The van der Waals surface area contributed by atoms with E-state index in [4.69, 9.17) is 0 Å². The molecule has 0 saturated heterocycles. The molecule has 0 aromatic carbocycles. The molecule has 0 atom stereocenters. The van der Waals surface area contributed by atoms with Gasteiger partial charge in [0, 0.05) is 26.1 Å². The van der Waals surface area contributed by atoms with Crippen LogP contribution in [0.2, 0.25) is 0 Å². The lowest BCUT2D eigenvalue weighted by Gasteiger charge is -2.21. The Morgan fingerprint density at radius 3 is 2.21 bits per heavy atom. The topological polar surface area (TPSA) is 23.6 Å². The average molecular weight is 200 g/mol. The van der Waals surface area contributed by atoms with E-state index in [0.29, 0.717) is 6.42 Å². The quantitative estimate of drug-likeness (QED) is 0.623. The molecule has 0 radical (unpaired) electrons. The minimum Gasteiger partial charge on any atom is -0.343 e. The third-order valence-electron chi connectivity index (χ3n) is 2.29. The first-order valence-corrected chi connectivity index (χ1v) is 5.54. The highest BCUT2D eigenvalue weighted by Gasteiger charge is 2.10. The van der Waals surface area contributed by atoms with Gasteiger partial charge in [-0.3, -0.25) is 4.79 Å². The number of unbranched alkanes of at least 4 members (excludes halogenated alkanes) is 1. The van der Waals surface area contributed by atoms with E-state index >= 15 is 0 Å². The summed E-state index contributed by atoms with van der Waals surface area (Å²) >= 11 is 0. The van der Waals surface area contributed by atoms with Crippen LogP contribution in [-0.2, 0) is 4.79 Å². The summed E-state index contributed by atoms with van der Waals surface area (Å²) in [6.07, 6.45) is 2.91. The highest BCUT2D eigenvalue weighted by atomic mass is 16.2. The van der Waals surface area contributed by atoms with E-state index < -0.39 is 0 Å². The van der Waals surface area contributed by atoms with Crippen molar-refractivity contribution in [1.29, 1.82) is 0 Å². The van der Waals surface area contributed by atoms with Gasteiger partial charge in [-0.25, -0.2) is 0 Å². The minimum absolute atomic E-state index is 0.287. The van der Waals surface area contributed by atoms with E-state index in [-0.39, 0.29) is 5.91 Å². The van der Waals surface area contributed by atoms with E-state index in [0.717, 1.165) is 32.5 Å². The summed E-state index contributed by atoms with van der Waals surface area (Å²) in [7, 11) is 3.99. The van der Waals surface area contributed by atoms with Crippen molar-refractivity contribution in [3.8, 4) is 0 Å². The normalized spacial score (nSPS) is 10.6. The Labute approximate surface area is 88.1 Å². The molecule has 0 unspecified atom stereocenters. The fourth-order valence-electron chi connectivity index (χ4n) is 1.29. The van der Waals surface area contributed by atoms with Gasteiger partial charge in [0.05, 0.1) is 0 Å². The molecule has 0 fully saturated rings. The van der Waals surface area contributed by atoms with Crippen LogP contribution in [-0.4, -0.2) is 49.4 Å². The maximum Gasteiger partial charge on any atom is 0.223 e. The van der Waals surface area contributed by atoms with Crippen molar-refractivity contribution < 1.29 is 4.79 Å². The first-order chi connectivity index (χ1) is 6.61. The lowest BCUT2D eigenvalue weighted by molar-refractivity contribution is -0.131. The number of amides is 1. The van der Waals surface area contributed by atoms with Gasteiger partial charge in [-0.1, -0.05) is 13.3 Å². The van der Waals surface area contributed by atoms with Crippen molar-refractivity contribution >= 4 is 5.91 Å².